The first-order chi connectivity index (χ1) is 9.29. The summed E-state index contributed by atoms with van der Waals surface area (Å²) in [5.74, 6) is 1.06. The Balaban J connectivity index is 1.88. The normalized spacial score (nSPS) is 15.4. The van der Waals surface area contributed by atoms with Gasteiger partial charge in [-0.05, 0) is 25.0 Å². The predicted molar refractivity (Wildman–Crippen MR) is 74.4 cm³/mol. The average Bonchev–Trinajstić information content (AvgIpc) is 2.93. The largest absolute Gasteiger partial charge is 0.491 e. The Morgan fingerprint density at radius 3 is 2.84 bits per heavy atom. The van der Waals surface area contributed by atoms with Gasteiger partial charge in [-0.25, -0.2) is 0 Å². The summed E-state index contributed by atoms with van der Waals surface area (Å²) in [6, 6.07) is 7.49. The second-order valence-corrected chi connectivity index (χ2v) is 4.84. The minimum atomic E-state index is 0.131. The zero-order valence-corrected chi connectivity index (χ0v) is 11.4. The first-order valence-electron chi connectivity index (χ1n) is 6.82. The molecule has 2 rings (SSSR count). The number of methoxy groups -OCH3 is 1. The smallest absolute Gasteiger partial charge is 0.227 e. The molecule has 0 bridgehead atoms. The summed E-state index contributed by atoms with van der Waals surface area (Å²) < 4.78 is 10.4. The van der Waals surface area contributed by atoms with Gasteiger partial charge in [0.25, 0.3) is 0 Å². The molecule has 104 valence electrons. The van der Waals surface area contributed by atoms with Crippen LogP contribution in [0.4, 0.5) is 5.69 Å². The first-order valence-corrected chi connectivity index (χ1v) is 6.82. The van der Waals surface area contributed by atoms with Gasteiger partial charge in [0.15, 0.2) is 0 Å². The Kier molecular flexibility index (Phi) is 5.21. The molecule has 1 amide bonds. The van der Waals surface area contributed by atoms with Gasteiger partial charge >= 0.3 is 0 Å². The van der Waals surface area contributed by atoms with Crippen molar-refractivity contribution >= 4 is 11.6 Å². The summed E-state index contributed by atoms with van der Waals surface area (Å²) in [5.41, 5.74) is 0.798. The molecule has 1 saturated carbocycles. The van der Waals surface area contributed by atoms with Gasteiger partial charge in [-0.1, -0.05) is 18.9 Å². The van der Waals surface area contributed by atoms with Crippen LogP contribution in [0, 0.1) is 5.92 Å². The minimum absolute atomic E-state index is 0.131. The summed E-state index contributed by atoms with van der Waals surface area (Å²) in [7, 11) is 1.64. The monoisotopic (exact) mass is 263 g/mol. The van der Waals surface area contributed by atoms with Crippen molar-refractivity contribution < 1.29 is 14.3 Å². The molecular weight excluding hydrogens is 242 g/mol. The maximum atomic E-state index is 12.0. The van der Waals surface area contributed by atoms with Crippen LogP contribution in [-0.4, -0.2) is 26.2 Å². The molecule has 1 aliphatic carbocycles. The molecule has 1 fully saturated rings. The molecule has 1 N–H and O–H groups in total. The Morgan fingerprint density at radius 2 is 2.11 bits per heavy atom. The minimum Gasteiger partial charge on any atom is -0.491 e. The van der Waals surface area contributed by atoms with Gasteiger partial charge in [-0.2, -0.15) is 0 Å². The topological polar surface area (TPSA) is 47.6 Å². The van der Waals surface area contributed by atoms with Gasteiger partial charge in [0.05, 0.1) is 6.61 Å². The molecule has 4 heteroatoms. The van der Waals surface area contributed by atoms with Gasteiger partial charge in [0, 0.05) is 24.8 Å². The maximum Gasteiger partial charge on any atom is 0.227 e. The van der Waals surface area contributed by atoms with E-state index in [0.29, 0.717) is 13.2 Å². The number of rotatable bonds is 6. The van der Waals surface area contributed by atoms with Crippen molar-refractivity contribution in [3.05, 3.63) is 24.3 Å². The van der Waals surface area contributed by atoms with Crippen LogP contribution in [0.15, 0.2) is 24.3 Å². The Hall–Kier alpha value is -1.55. The van der Waals surface area contributed by atoms with Gasteiger partial charge < -0.3 is 14.8 Å². The lowest BCUT2D eigenvalue weighted by Gasteiger charge is -2.12. The van der Waals surface area contributed by atoms with E-state index in [-0.39, 0.29) is 11.8 Å². The molecule has 0 radical (unpaired) electrons. The Labute approximate surface area is 114 Å². The standard InChI is InChI=1S/C15H21NO3/c1-18-9-10-19-14-8-4-7-13(11-14)16-15(17)12-5-2-3-6-12/h4,7-8,11-12H,2-3,5-6,9-10H2,1H3,(H,16,17). The number of amides is 1. The van der Waals surface area contributed by atoms with Crippen LogP contribution in [-0.2, 0) is 9.53 Å². The fourth-order valence-electron chi connectivity index (χ4n) is 2.34. The summed E-state index contributed by atoms with van der Waals surface area (Å²) >= 11 is 0. The van der Waals surface area contributed by atoms with E-state index >= 15 is 0 Å². The summed E-state index contributed by atoms with van der Waals surface area (Å²) in [6.07, 6.45) is 4.35. The molecule has 0 saturated heterocycles. The van der Waals surface area contributed by atoms with Crippen LogP contribution in [0.2, 0.25) is 0 Å². The van der Waals surface area contributed by atoms with Gasteiger partial charge in [0.1, 0.15) is 12.4 Å². The number of benzene rings is 1. The van der Waals surface area contributed by atoms with Crippen molar-refractivity contribution in [1.82, 2.24) is 0 Å². The highest BCUT2D eigenvalue weighted by Gasteiger charge is 2.22. The van der Waals surface area contributed by atoms with Crippen molar-refractivity contribution in [2.24, 2.45) is 5.92 Å². The number of carbonyl (C=O) groups excluding carboxylic acids is 1. The zero-order chi connectivity index (χ0) is 13.5. The number of hydrogen-bond donors (Lipinski definition) is 1. The predicted octanol–water partition coefficient (Wildman–Crippen LogP) is 2.84. The third kappa shape index (κ3) is 4.24. The quantitative estimate of drug-likeness (QED) is 0.803. The lowest BCUT2D eigenvalue weighted by Crippen LogP contribution is -2.20. The highest BCUT2D eigenvalue weighted by atomic mass is 16.5. The summed E-state index contributed by atoms with van der Waals surface area (Å²) in [6.45, 7) is 1.06. The highest BCUT2D eigenvalue weighted by molar-refractivity contribution is 5.92. The van der Waals surface area contributed by atoms with Gasteiger partial charge in [-0.15, -0.1) is 0 Å². The fraction of sp³-hybridized carbons (Fsp3) is 0.533. The van der Waals surface area contributed by atoms with E-state index < -0.39 is 0 Å². The van der Waals surface area contributed by atoms with E-state index in [2.05, 4.69) is 5.32 Å². The third-order valence-corrected chi connectivity index (χ3v) is 3.38. The Bertz CT molecular complexity index is 414. The zero-order valence-electron chi connectivity index (χ0n) is 11.4. The van der Waals surface area contributed by atoms with E-state index in [4.69, 9.17) is 9.47 Å². The van der Waals surface area contributed by atoms with E-state index in [1.165, 1.54) is 0 Å². The SMILES string of the molecule is COCCOc1cccc(NC(=O)C2CCCC2)c1. The first kappa shape index (κ1) is 13.9. The fourth-order valence-corrected chi connectivity index (χ4v) is 2.34. The van der Waals surface area contributed by atoms with Gasteiger partial charge in [-0.3, -0.25) is 4.79 Å². The lowest BCUT2D eigenvalue weighted by atomic mass is 10.1. The van der Waals surface area contributed by atoms with Crippen LogP contribution >= 0.6 is 0 Å². The van der Waals surface area contributed by atoms with Crippen LogP contribution in [0.5, 0.6) is 5.75 Å². The van der Waals surface area contributed by atoms with E-state index in [9.17, 15) is 4.79 Å². The van der Waals surface area contributed by atoms with E-state index in [0.717, 1.165) is 37.1 Å². The molecule has 0 unspecified atom stereocenters. The molecule has 1 aromatic carbocycles. The molecule has 1 aromatic rings. The number of anilines is 1. The second kappa shape index (κ2) is 7.14. The van der Waals surface area contributed by atoms with Crippen molar-refractivity contribution in [2.45, 2.75) is 25.7 Å². The molecule has 0 spiro atoms. The number of nitrogens with one attached hydrogen (secondary N) is 1. The molecule has 0 atom stereocenters. The molecule has 0 aliphatic heterocycles. The molecule has 4 nitrogen and oxygen atoms in total. The highest BCUT2D eigenvalue weighted by Crippen LogP contribution is 2.26. The van der Waals surface area contributed by atoms with Crippen molar-refractivity contribution in [1.29, 1.82) is 0 Å². The molecule has 19 heavy (non-hydrogen) atoms. The van der Waals surface area contributed by atoms with E-state index in [1.807, 2.05) is 24.3 Å². The molecule has 0 aromatic heterocycles. The van der Waals surface area contributed by atoms with Crippen molar-refractivity contribution in [3.8, 4) is 5.75 Å². The average molecular weight is 263 g/mol. The third-order valence-electron chi connectivity index (χ3n) is 3.38. The molecule has 1 aliphatic rings. The van der Waals surface area contributed by atoms with Crippen molar-refractivity contribution in [2.75, 3.05) is 25.6 Å². The van der Waals surface area contributed by atoms with E-state index in [1.54, 1.807) is 7.11 Å². The van der Waals surface area contributed by atoms with Crippen molar-refractivity contribution in [3.63, 3.8) is 0 Å². The van der Waals surface area contributed by atoms with Crippen LogP contribution in [0.1, 0.15) is 25.7 Å². The number of hydrogen-bond acceptors (Lipinski definition) is 3. The van der Waals surface area contributed by atoms with Gasteiger partial charge in [0.2, 0.25) is 5.91 Å². The van der Waals surface area contributed by atoms with Crippen LogP contribution < -0.4 is 10.1 Å². The lowest BCUT2D eigenvalue weighted by molar-refractivity contribution is -0.119. The maximum absolute atomic E-state index is 12.0. The number of ether oxygens (including phenoxy) is 2. The number of carbonyl (C=O) groups is 1. The Morgan fingerprint density at radius 1 is 1.32 bits per heavy atom. The summed E-state index contributed by atoms with van der Waals surface area (Å²) in [5, 5.41) is 2.96. The van der Waals surface area contributed by atoms with Crippen LogP contribution in [0.25, 0.3) is 0 Å². The summed E-state index contributed by atoms with van der Waals surface area (Å²) in [4.78, 5) is 12.0. The second-order valence-electron chi connectivity index (χ2n) is 4.84. The van der Waals surface area contributed by atoms with Crippen LogP contribution in [0.3, 0.4) is 0 Å². The molecule has 0 heterocycles. The molecular formula is C15H21NO3.